The second-order valence-electron chi connectivity index (χ2n) is 3.29. The fourth-order valence-electron chi connectivity index (χ4n) is 1.59. The Hall–Kier alpha value is -1.82. The normalized spacial score (nSPS) is 13.8. The molecule has 0 aliphatic carbocycles. The van der Waals surface area contributed by atoms with Gasteiger partial charge in [0, 0.05) is 0 Å². The maximum absolute atomic E-state index is 5.59. The van der Waals surface area contributed by atoms with Crippen LogP contribution in [0.3, 0.4) is 0 Å². The third kappa shape index (κ3) is 1.47. The molecule has 0 bridgehead atoms. The van der Waals surface area contributed by atoms with Crippen LogP contribution in [0.5, 0.6) is 11.5 Å². The molecule has 1 aromatic carbocycles. The first-order chi connectivity index (χ1) is 7.84. The molecule has 0 fully saturated rings. The Morgan fingerprint density at radius 1 is 1.25 bits per heavy atom. The highest BCUT2D eigenvalue weighted by Crippen LogP contribution is 2.40. The largest absolute Gasteiger partial charge is 0.486 e. The predicted octanol–water partition coefficient (Wildman–Crippen LogP) is 1.56. The van der Waals surface area contributed by atoms with Gasteiger partial charge in [-0.2, -0.15) is 9.36 Å². The van der Waals surface area contributed by atoms with Gasteiger partial charge < -0.3 is 15.2 Å². The summed E-state index contributed by atoms with van der Waals surface area (Å²) in [6, 6.07) is 5.70. The van der Waals surface area contributed by atoms with E-state index in [0.717, 1.165) is 22.1 Å². The van der Waals surface area contributed by atoms with Crippen molar-refractivity contribution in [2.75, 3.05) is 18.9 Å². The van der Waals surface area contributed by atoms with Gasteiger partial charge in [-0.15, -0.1) is 0 Å². The molecule has 82 valence electrons. The number of para-hydroxylation sites is 1. The number of rotatable bonds is 1. The summed E-state index contributed by atoms with van der Waals surface area (Å²) in [7, 11) is 0. The van der Waals surface area contributed by atoms with Crippen LogP contribution in [0, 0.1) is 0 Å². The van der Waals surface area contributed by atoms with E-state index >= 15 is 0 Å². The minimum absolute atomic E-state index is 0.286. The van der Waals surface area contributed by atoms with Gasteiger partial charge in [0.2, 0.25) is 5.95 Å². The lowest BCUT2D eigenvalue weighted by Gasteiger charge is -2.19. The molecular formula is C10H9N3O2S. The van der Waals surface area contributed by atoms with E-state index in [0.29, 0.717) is 13.2 Å². The van der Waals surface area contributed by atoms with Crippen molar-refractivity contribution in [3.8, 4) is 22.1 Å². The molecule has 2 heterocycles. The van der Waals surface area contributed by atoms with Crippen LogP contribution in [0.4, 0.5) is 5.95 Å². The van der Waals surface area contributed by atoms with Gasteiger partial charge in [0.15, 0.2) is 11.5 Å². The summed E-state index contributed by atoms with van der Waals surface area (Å²) in [5, 5.41) is 0.750. The van der Waals surface area contributed by atoms with E-state index in [9.17, 15) is 0 Å². The fraction of sp³-hybridized carbons (Fsp3) is 0.200. The van der Waals surface area contributed by atoms with Crippen LogP contribution in [0.2, 0.25) is 0 Å². The molecule has 0 unspecified atom stereocenters. The van der Waals surface area contributed by atoms with E-state index in [1.807, 2.05) is 18.2 Å². The summed E-state index contributed by atoms with van der Waals surface area (Å²) >= 11 is 1.25. The average Bonchev–Trinajstić information content (AvgIpc) is 2.75. The Morgan fingerprint density at radius 3 is 2.94 bits per heavy atom. The molecule has 3 rings (SSSR count). The smallest absolute Gasteiger partial charge is 0.232 e. The van der Waals surface area contributed by atoms with Gasteiger partial charge in [-0.1, -0.05) is 6.07 Å². The molecule has 0 spiro atoms. The van der Waals surface area contributed by atoms with Crippen LogP contribution >= 0.6 is 11.5 Å². The topological polar surface area (TPSA) is 70.3 Å². The standard InChI is InChI=1S/C10H9N3O2S/c11-10-12-9(16-13-10)6-2-1-3-7-8(6)15-5-4-14-7/h1-3H,4-5H2,(H2,11,13). The number of nitrogen functional groups attached to an aromatic ring is 1. The third-order valence-corrected chi connectivity index (χ3v) is 3.00. The van der Waals surface area contributed by atoms with Crippen molar-refractivity contribution < 1.29 is 9.47 Å². The Morgan fingerprint density at radius 2 is 2.12 bits per heavy atom. The molecule has 0 radical (unpaired) electrons. The minimum Gasteiger partial charge on any atom is -0.486 e. The lowest BCUT2D eigenvalue weighted by Crippen LogP contribution is -2.15. The van der Waals surface area contributed by atoms with Gasteiger partial charge in [-0.25, -0.2) is 0 Å². The van der Waals surface area contributed by atoms with E-state index < -0.39 is 0 Å². The molecule has 0 saturated carbocycles. The van der Waals surface area contributed by atoms with Gasteiger partial charge in [0.05, 0.1) is 5.56 Å². The molecule has 1 aromatic heterocycles. The first-order valence-electron chi connectivity index (χ1n) is 4.83. The lowest BCUT2D eigenvalue weighted by molar-refractivity contribution is 0.172. The second-order valence-corrected chi connectivity index (χ2v) is 4.04. The Balaban J connectivity index is 2.13. The Kier molecular flexibility index (Phi) is 2.14. The minimum atomic E-state index is 0.286. The maximum atomic E-state index is 5.59. The number of aromatic nitrogens is 2. The first-order valence-corrected chi connectivity index (χ1v) is 5.60. The third-order valence-electron chi connectivity index (χ3n) is 2.24. The number of nitrogens with two attached hydrogens (primary N) is 1. The number of hydrogen-bond donors (Lipinski definition) is 1. The van der Waals surface area contributed by atoms with Crippen molar-refractivity contribution in [1.82, 2.24) is 9.36 Å². The van der Waals surface area contributed by atoms with Gasteiger partial charge in [0.1, 0.15) is 18.2 Å². The molecule has 0 amide bonds. The molecule has 16 heavy (non-hydrogen) atoms. The quantitative estimate of drug-likeness (QED) is 0.812. The van der Waals surface area contributed by atoms with Crippen LogP contribution < -0.4 is 15.2 Å². The van der Waals surface area contributed by atoms with Crippen LogP contribution in [0.1, 0.15) is 0 Å². The molecule has 1 aliphatic heterocycles. The summed E-state index contributed by atoms with van der Waals surface area (Å²) in [5.41, 5.74) is 6.39. The van der Waals surface area contributed by atoms with Crippen molar-refractivity contribution in [3.05, 3.63) is 18.2 Å². The number of ether oxygens (including phenoxy) is 2. The van der Waals surface area contributed by atoms with Crippen LogP contribution in [-0.2, 0) is 0 Å². The van der Waals surface area contributed by atoms with Gasteiger partial charge in [-0.05, 0) is 23.7 Å². The number of hydrogen-bond acceptors (Lipinski definition) is 6. The maximum Gasteiger partial charge on any atom is 0.232 e. The summed E-state index contributed by atoms with van der Waals surface area (Å²) in [4.78, 5) is 4.14. The van der Waals surface area contributed by atoms with E-state index in [1.54, 1.807) is 0 Å². The van der Waals surface area contributed by atoms with E-state index in [2.05, 4.69) is 9.36 Å². The van der Waals surface area contributed by atoms with Crippen molar-refractivity contribution in [1.29, 1.82) is 0 Å². The summed E-state index contributed by atoms with van der Waals surface area (Å²) in [6.45, 7) is 1.13. The highest BCUT2D eigenvalue weighted by Gasteiger charge is 2.18. The number of nitrogens with zero attached hydrogens (tertiary/aromatic N) is 2. The molecule has 2 N–H and O–H groups in total. The highest BCUT2D eigenvalue weighted by molar-refractivity contribution is 7.09. The number of fused-ring (bicyclic) bond motifs is 1. The van der Waals surface area contributed by atoms with Crippen molar-refractivity contribution >= 4 is 17.5 Å². The van der Waals surface area contributed by atoms with Crippen LogP contribution in [-0.4, -0.2) is 22.6 Å². The average molecular weight is 235 g/mol. The summed E-state index contributed by atoms with van der Waals surface area (Å²) in [6.07, 6.45) is 0. The zero-order valence-corrected chi connectivity index (χ0v) is 9.16. The van der Waals surface area contributed by atoms with E-state index in [4.69, 9.17) is 15.2 Å². The second kappa shape index (κ2) is 3.64. The van der Waals surface area contributed by atoms with E-state index in [-0.39, 0.29) is 5.95 Å². The van der Waals surface area contributed by atoms with Crippen LogP contribution in [0.25, 0.3) is 10.6 Å². The van der Waals surface area contributed by atoms with Gasteiger partial charge in [-0.3, -0.25) is 0 Å². The molecule has 0 atom stereocenters. The monoisotopic (exact) mass is 235 g/mol. The van der Waals surface area contributed by atoms with Gasteiger partial charge >= 0.3 is 0 Å². The van der Waals surface area contributed by atoms with Crippen LogP contribution in [0.15, 0.2) is 18.2 Å². The molecule has 1 aliphatic rings. The Bertz CT molecular complexity index is 527. The highest BCUT2D eigenvalue weighted by atomic mass is 32.1. The molecule has 5 nitrogen and oxygen atoms in total. The Labute approximate surface area is 96.0 Å². The van der Waals surface area contributed by atoms with Crippen molar-refractivity contribution in [3.63, 3.8) is 0 Å². The van der Waals surface area contributed by atoms with E-state index in [1.165, 1.54) is 11.5 Å². The zero-order valence-electron chi connectivity index (χ0n) is 8.34. The number of anilines is 1. The molecule has 2 aromatic rings. The van der Waals surface area contributed by atoms with Crippen molar-refractivity contribution in [2.45, 2.75) is 0 Å². The molecular weight excluding hydrogens is 226 g/mol. The summed E-state index contributed by atoms with van der Waals surface area (Å²) < 4.78 is 15.0. The lowest BCUT2D eigenvalue weighted by atomic mass is 10.2. The van der Waals surface area contributed by atoms with Crippen molar-refractivity contribution in [2.24, 2.45) is 0 Å². The van der Waals surface area contributed by atoms with Gasteiger partial charge in [0.25, 0.3) is 0 Å². The molecule has 6 heteroatoms. The number of benzene rings is 1. The SMILES string of the molecule is Nc1nsc(-c2cccc3c2OCCO3)n1. The fourth-order valence-corrected chi connectivity index (χ4v) is 2.20. The zero-order chi connectivity index (χ0) is 11.0. The predicted molar refractivity (Wildman–Crippen MR) is 60.7 cm³/mol. The molecule has 0 saturated heterocycles. The summed E-state index contributed by atoms with van der Waals surface area (Å²) in [5.74, 6) is 1.76. The first kappa shape index (κ1) is 9.41.